The maximum Gasteiger partial charge on any atom is 0.132 e. The summed E-state index contributed by atoms with van der Waals surface area (Å²) in [5.41, 5.74) is 2.64. The Morgan fingerprint density at radius 2 is 2.05 bits per heavy atom. The van der Waals surface area contributed by atoms with Crippen molar-refractivity contribution in [2.24, 2.45) is 0 Å². The molecular formula is C15H12ClNOS. The van der Waals surface area contributed by atoms with Crippen molar-refractivity contribution >= 4 is 33.8 Å². The number of nitrogens with zero attached hydrogens (tertiary/aromatic N) is 1. The van der Waals surface area contributed by atoms with E-state index in [0.717, 1.165) is 21.3 Å². The summed E-state index contributed by atoms with van der Waals surface area (Å²) in [6, 6.07) is 11.6. The monoisotopic (exact) mass is 289 g/mol. The smallest absolute Gasteiger partial charge is 0.132 e. The van der Waals surface area contributed by atoms with Gasteiger partial charge in [0.05, 0.1) is 21.1 Å². The fraction of sp³-hybridized carbons (Fsp3) is 0.133. The topological polar surface area (TPSA) is 33.1 Å². The Bertz CT molecular complexity index is 738. The number of fused-ring (bicyclic) bond motifs is 1. The second kappa shape index (κ2) is 4.93. The minimum atomic E-state index is -0.768. The van der Waals surface area contributed by atoms with E-state index in [9.17, 15) is 5.11 Å². The number of aryl methyl sites for hydroxylation is 1. The maximum absolute atomic E-state index is 10.4. The summed E-state index contributed by atoms with van der Waals surface area (Å²) >= 11 is 7.51. The highest BCUT2D eigenvalue weighted by Crippen LogP contribution is 2.33. The Morgan fingerprint density at radius 3 is 2.79 bits per heavy atom. The Balaban J connectivity index is 2.13. The third kappa shape index (κ3) is 2.25. The number of halogens is 1. The Labute approximate surface area is 120 Å². The van der Waals surface area contributed by atoms with E-state index in [-0.39, 0.29) is 0 Å². The quantitative estimate of drug-likeness (QED) is 0.761. The first-order valence-corrected chi connectivity index (χ1v) is 7.20. The summed E-state index contributed by atoms with van der Waals surface area (Å²) in [7, 11) is 0. The molecule has 3 rings (SSSR count). The summed E-state index contributed by atoms with van der Waals surface area (Å²) < 4.78 is 0. The number of aliphatic hydroxyl groups is 1. The van der Waals surface area contributed by atoms with Crippen molar-refractivity contribution in [1.82, 2.24) is 4.98 Å². The van der Waals surface area contributed by atoms with Gasteiger partial charge < -0.3 is 5.11 Å². The number of rotatable bonds is 2. The number of hydrogen-bond acceptors (Lipinski definition) is 3. The van der Waals surface area contributed by atoms with Crippen molar-refractivity contribution in [3.05, 3.63) is 62.9 Å². The average molecular weight is 290 g/mol. The minimum Gasteiger partial charge on any atom is -0.381 e. The van der Waals surface area contributed by atoms with Crippen LogP contribution in [0.1, 0.15) is 22.2 Å². The largest absolute Gasteiger partial charge is 0.381 e. The molecule has 1 atom stereocenters. The lowest BCUT2D eigenvalue weighted by atomic mass is 10.1. The maximum atomic E-state index is 10.4. The Kier molecular flexibility index (Phi) is 3.27. The molecule has 2 heterocycles. The van der Waals surface area contributed by atoms with E-state index in [1.807, 2.05) is 42.6 Å². The van der Waals surface area contributed by atoms with Gasteiger partial charge in [-0.25, -0.2) is 4.98 Å². The molecule has 0 radical (unpaired) electrons. The fourth-order valence-corrected chi connectivity index (χ4v) is 3.31. The first kappa shape index (κ1) is 12.6. The second-order valence-electron chi connectivity index (χ2n) is 4.42. The van der Waals surface area contributed by atoms with E-state index < -0.39 is 6.10 Å². The highest BCUT2D eigenvalue weighted by atomic mass is 35.5. The molecule has 0 aliphatic carbocycles. The third-order valence-electron chi connectivity index (χ3n) is 3.12. The van der Waals surface area contributed by atoms with E-state index in [1.54, 1.807) is 6.07 Å². The van der Waals surface area contributed by atoms with Crippen molar-refractivity contribution in [2.45, 2.75) is 13.0 Å². The van der Waals surface area contributed by atoms with Crippen LogP contribution >= 0.6 is 22.9 Å². The van der Waals surface area contributed by atoms with Gasteiger partial charge in [0.1, 0.15) is 6.10 Å². The van der Waals surface area contributed by atoms with Crippen LogP contribution in [0.2, 0.25) is 5.02 Å². The normalized spacial score (nSPS) is 12.8. The lowest BCUT2D eigenvalue weighted by molar-refractivity contribution is 0.219. The fourth-order valence-electron chi connectivity index (χ4n) is 2.15. The molecule has 1 unspecified atom stereocenters. The number of hydrogen-bond donors (Lipinski definition) is 1. The molecule has 2 aromatic heterocycles. The molecule has 0 saturated heterocycles. The number of pyridine rings is 1. The Morgan fingerprint density at radius 1 is 1.26 bits per heavy atom. The number of aliphatic hydroxyl groups excluding tert-OH is 1. The minimum absolute atomic E-state index is 0.588. The van der Waals surface area contributed by atoms with E-state index in [2.05, 4.69) is 4.98 Å². The van der Waals surface area contributed by atoms with Crippen molar-refractivity contribution < 1.29 is 5.11 Å². The van der Waals surface area contributed by atoms with E-state index in [1.165, 1.54) is 11.3 Å². The third-order valence-corrected chi connectivity index (χ3v) is 4.53. The highest BCUT2D eigenvalue weighted by Gasteiger charge is 2.17. The molecule has 1 N–H and O–H groups in total. The Hall–Kier alpha value is -1.42. The van der Waals surface area contributed by atoms with Gasteiger partial charge in [-0.2, -0.15) is 0 Å². The molecule has 19 heavy (non-hydrogen) atoms. The summed E-state index contributed by atoms with van der Waals surface area (Å²) in [6.45, 7) is 2.02. The lowest BCUT2D eigenvalue weighted by Crippen LogP contribution is -2.02. The molecular weight excluding hydrogens is 278 g/mol. The van der Waals surface area contributed by atoms with Crippen LogP contribution in [0.4, 0.5) is 0 Å². The molecule has 3 aromatic rings. The number of benzene rings is 1. The van der Waals surface area contributed by atoms with Gasteiger partial charge in [0.15, 0.2) is 0 Å². The first-order chi connectivity index (χ1) is 9.16. The molecule has 0 saturated carbocycles. The predicted molar refractivity (Wildman–Crippen MR) is 79.9 cm³/mol. The van der Waals surface area contributed by atoms with E-state index in [0.29, 0.717) is 10.7 Å². The number of thiophene rings is 1. The van der Waals surface area contributed by atoms with Crippen LogP contribution in [-0.4, -0.2) is 10.1 Å². The summed E-state index contributed by atoms with van der Waals surface area (Å²) in [6.07, 6.45) is -0.768. The molecule has 4 heteroatoms. The van der Waals surface area contributed by atoms with Crippen LogP contribution < -0.4 is 0 Å². The van der Waals surface area contributed by atoms with Crippen LogP contribution in [0.5, 0.6) is 0 Å². The van der Waals surface area contributed by atoms with Gasteiger partial charge in [0, 0.05) is 5.39 Å². The molecule has 96 valence electrons. The van der Waals surface area contributed by atoms with Crippen molar-refractivity contribution in [2.75, 3.05) is 0 Å². The van der Waals surface area contributed by atoms with E-state index >= 15 is 0 Å². The lowest BCUT2D eigenvalue weighted by Gasteiger charge is -2.11. The molecule has 0 amide bonds. The van der Waals surface area contributed by atoms with Crippen molar-refractivity contribution in [1.29, 1.82) is 0 Å². The highest BCUT2D eigenvalue weighted by molar-refractivity contribution is 7.10. The first-order valence-electron chi connectivity index (χ1n) is 5.94. The number of aromatic nitrogens is 1. The standard InChI is InChI=1S/C15H12ClNOS/c1-9-8-13(14(18)15-11(16)6-7-19-15)17-12-5-3-2-4-10(9)12/h2-8,14,18H,1H3. The van der Waals surface area contributed by atoms with Crippen molar-refractivity contribution in [3.8, 4) is 0 Å². The van der Waals surface area contributed by atoms with Crippen LogP contribution in [0.15, 0.2) is 41.8 Å². The van der Waals surface area contributed by atoms with Crippen LogP contribution in [-0.2, 0) is 0 Å². The van der Waals surface area contributed by atoms with Gasteiger partial charge in [-0.3, -0.25) is 0 Å². The molecule has 2 nitrogen and oxygen atoms in total. The molecule has 0 aliphatic rings. The van der Waals surface area contributed by atoms with Gasteiger partial charge in [-0.15, -0.1) is 11.3 Å². The summed E-state index contributed by atoms with van der Waals surface area (Å²) in [5.74, 6) is 0. The van der Waals surface area contributed by atoms with Crippen molar-refractivity contribution in [3.63, 3.8) is 0 Å². The zero-order valence-corrected chi connectivity index (χ0v) is 11.9. The molecule has 0 fully saturated rings. The zero-order valence-electron chi connectivity index (χ0n) is 10.3. The SMILES string of the molecule is Cc1cc(C(O)c2sccc2Cl)nc2ccccc12. The van der Waals surface area contributed by atoms with E-state index in [4.69, 9.17) is 11.6 Å². The number of para-hydroxylation sites is 1. The van der Waals surface area contributed by atoms with Gasteiger partial charge in [0.25, 0.3) is 0 Å². The molecule has 0 bridgehead atoms. The van der Waals surface area contributed by atoms with Gasteiger partial charge in [0.2, 0.25) is 0 Å². The molecule has 0 spiro atoms. The van der Waals surface area contributed by atoms with Crippen LogP contribution in [0, 0.1) is 6.92 Å². The molecule has 1 aromatic carbocycles. The van der Waals surface area contributed by atoms with Gasteiger partial charge in [-0.1, -0.05) is 29.8 Å². The second-order valence-corrected chi connectivity index (χ2v) is 5.77. The van der Waals surface area contributed by atoms with Gasteiger partial charge in [-0.05, 0) is 36.1 Å². The van der Waals surface area contributed by atoms with Crippen LogP contribution in [0.3, 0.4) is 0 Å². The summed E-state index contributed by atoms with van der Waals surface area (Å²) in [4.78, 5) is 5.27. The summed E-state index contributed by atoms with van der Waals surface area (Å²) in [5, 5.41) is 14.0. The average Bonchev–Trinajstić information content (AvgIpc) is 2.84. The van der Waals surface area contributed by atoms with Gasteiger partial charge >= 0.3 is 0 Å². The predicted octanol–water partition coefficient (Wildman–Crippen LogP) is 4.34. The molecule has 0 aliphatic heterocycles. The van der Waals surface area contributed by atoms with Crippen LogP contribution in [0.25, 0.3) is 10.9 Å². The zero-order chi connectivity index (χ0) is 13.4.